The van der Waals surface area contributed by atoms with Gasteiger partial charge in [0.25, 0.3) is 0 Å². The predicted octanol–water partition coefficient (Wildman–Crippen LogP) is -8.44. The van der Waals surface area contributed by atoms with Crippen molar-refractivity contribution in [2.45, 2.75) is 0 Å². The van der Waals surface area contributed by atoms with Gasteiger partial charge in [-0.25, -0.2) is 0 Å². The van der Waals surface area contributed by atoms with Crippen molar-refractivity contribution in [1.29, 1.82) is 0 Å². The van der Waals surface area contributed by atoms with Crippen LogP contribution in [0.2, 0.25) is 0 Å². The van der Waals surface area contributed by atoms with Crippen LogP contribution in [0.1, 0.15) is 0 Å². The third-order valence-electron chi connectivity index (χ3n) is 0. The van der Waals surface area contributed by atoms with E-state index >= 15 is 0 Å². The van der Waals surface area contributed by atoms with E-state index in [1.807, 2.05) is 0 Å². The molecule has 0 saturated heterocycles. The van der Waals surface area contributed by atoms with E-state index in [1.165, 1.54) is 0 Å². The molecule has 80 valence electrons. The summed E-state index contributed by atoms with van der Waals surface area (Å²) in [7, 11) is -10.8. The summed E-state index contributed by atoms with van der Waals surface area (Å²) in [5, 5.41) is 0. The van der Waals surface area contributed by atoms with Crippen LogP contribution < -0.4 is 29.4 Å². The van der Waals surface area contributed by atoms with Gasteiger partial charge in [-0.15, -0.1) is 0 Å². The summed E-state index contributed by atoms with van der Waals surface area (Å²) < 4.78 is 17.1. The van der Waals surface area contributed by atoms with Crippen LogP contribution in [-0.2, 0) is 9.13 Å². The molecule has 0 aromatic heterocycles. The molecule has 0 fully saturated rings. The van der Waals surface area contributed by atoms with E-state index in [9.17, 15) is 0 Å². The summed E-state index contributed by atoms with van der Waals surface area (Å²) in [6, 6.07) is 0. The minimum atomic E-state index is -5.39. The summed E-state index contributed by atoms with van der Waals surface area (Å²) in [6.45, 7) is 0. The molecule has 0 aromatic carbocycles. The Morgan fingerprint density at radius 1 is 0.533 bits per heavy atom. The van der Waals surface area contributed by atoms with Crippen molar-refractivity contribution in [3.8, 4) is 0 Å². The van der Waals surface area contributed by atoms with E-state index in [2.05, 4.69) is 0 Å². The standard InChI is InChI=1S/3Mg.2H3O4P.2H2O/c;;;2*1-5(2,3)4;;/h;;;2*(H3,1,2,3,4);2*1H2/q3*+2;;;;/p-6. The summed E-state index contributed by atoms with van der Waals surface area (Å²) in [5.41, 5.74) is 0. The molecule has 0 amide bonds. The normalized spacial score (nSPS) is 7.87. The third-order valence-corrected chi connectivity index (χ3v) is 0. The molecule has 0 atom stereocenters. The van der Waals surface area contributed by atoms with Crippen molar-refractivity contribution < 1.29 is 49.4 Å². The Labute approximate surface area is 133 Å². The topological polar surface area (TPSA) is 236 Å². The zero-order chi connectivity index (χ0) is 9.00. The van der Waals surface area contributed by atoms with E-state index in [0.29, 0.717) is 0 Å². The van der Waals surface area contributed by atoms with E-state index in [-0.39, 0.29) is 80.1 Å². The Morgan fingerprint density at radius 3 is 0.533 bits per heavy atom. The van der Waals surface area contributed by atoms with Crippen molar-refractivity contribution >= 4 is 84.8 Å². The molecule has 15 heavy (non-hydrogen) atoms. The van der Waals surface area contributed by atoms with Crippen LogP contribution in [0.3, 0.4) is 0 Å². The molecule has 0 rings (SSSR count). The Kier molecular flexibility index (Phi) is 54.2. The van der Waals surface area contributed by atoms with Gasteiger partial charge in [-0.1, -0.05) is 0 Å². The Bertz CT molecular complexity index is 131. The first kappa shape index (κ1) is 43.2. The van der Waals surface area contributed by atoms with E-state index in [0.717, 1.165) is 0 Å². The van der Waals surface area contributed by atoms with Gasteiger partial charge in [-0.2, -0.15) is 15.6 Å². The van der Waals surface area contributed by atoms with Crippen LogP contribution in [0.15, 0.2) is 0 Å². The van der Waals surface area contributed by atoms with Crippen molar-refractivity contribution in [2.75, 3.05) is 0 Å². The van der Waals surface area contributed by atoms with Crippen LogP contribution in [0.4, 0.5) is 0 Å². The van der Waals surface area contributed by atoms with E-state index in [1.54, 1.807) is 0 Å². The monoisotopic (exact) mass is 298 g/mol. The van der Waals surface area contributed by atoms with Crippen LogP contribution in [-0.4, -0.2) is 80.1 Å². The minimum Gasteiger partial charge on any atom is -0.822 e. The molecule has 0 spiro atoms. The Morgan fingerprint density at radius 2 is 0.533 bits per heavy atom. The summed E-state index contributed by atoms with van der Waals surface area (Å²) in [6.07, 6.45) is 0. The average Bonchev–Trinajstić information content (AvgIpc) is 1.12. The van der Waals surface area contributed by atoms with Gasteiger partial charge < -0.3 is 49.4 Å². The predicted molar refractivity (Wildman–Crippen MR) is 39.7 cm³/mol. The molecule has 15 heteroatoms. The van der Waals surface area contributed by atoms with Crippen molar-refractivity contribution in [3.05, 3.63) is 0 Å². The number of hydrogen-bond acceptors (Lipinski definition) is 8. The Balaban J connectivity index is -0.0000000128. The van der Waals surface area contributed by atoms with Crippen molar-refractivity contribution in [1.82, 2.24) is 0 Å². The maximum Gasteiger partial charge on any atom is 2.00 e. The van der Waals surface area contributed by atoms with Gasteiger partial charge in [0.2, 0.25) is 0 Å². The fourth-order valence-electron chi connectivity index (χ4n) is 0. The van der Waals surface area contributed by atoms with E-state index in [4.69, 9.17) is 38.5 Å². The summed E-state index contributed by atoms with van der Waals surface area (Å²) in [4.78, 5) is 51.3. The molecule has 10 nitrogen and oxygen atoms in total. The zero-order valence-electron chi connectivity index (χ0n) is 7.28. The summed E-state index contributed by atoms with van der Waals surface area (Å²) >= 11 is 0. The van der Waals surface area contributed by atoms with Crippen LogP contribution in [0.5, 0.6) is 0 Å². The molecule has 0 aliphatic heterocycles. The molecule has 0 aliphatic carbocycles. The number of phosphoric acid groups is 2. The minimum absolute atomic E-state index is 0. The molecular weight excluding hydrogens is 295 g/mol. The van der Waals surface area contributed by atoms with Gasteiger partial charge in [0, 0.05) is 0 Å². The van der Waals surface area contributed by atoms with Gasteiger partial charge in [-0.3, -0.25) is 0 Å². The first-order valence-electron chi connectivity index (χ1n) is 1.46. The maximum absolute atomic E-state index is 8.55. The molecule has 0 heterocycles. The quantitative estimate of drug-likeness (QED) is 0.306. The van der Waals surface area contributed by atoms with E-state index < -0.39 is 15.6 Å². The summed E-state index contributed by atoms with van der Waals surface area (Å²) in [5.74, 6) is 0. The molecule has 4 N–H and O–H groups in total. The van der Waals surface area contributed by atoms with Crippen LogP contribution in [0, 0.1) is 0 Å². The van der Waals surface area contributed by atoms with Gasteiger partial charge in [0.15, 0.2) is 0 Å². The van der Waals surface area contributed by atoms with Gasteiger partial charge >= 0.3 is 69.2 Å². The van der Waals surface area contributed by atoms with Gasteiger partial charge in [0.05, 0.1) is 0 Å². The average molecular weight is 299 g/mol. The largest absolute Gasteiger partial charge is 2.00 e. The van der Waals surface area contributed by atoms with Crippen molar-refractivity contribution in [2.24, 2.45) is 0 Å². The first-order valence-corrected chi connectivity index (χ1v) is 4.38. The Hall–Kier alpha value is 2.44. The second kappa shape index (κ2) is 18.8. The number of rotatable bonds is 0. The number of hydrogen-bond donors (Lipinski definition) is 0. The second-order valence-electron chi connectivity index (χ2n) is 0.894. The van der Waals surface area contributed by atoms with Crippen molar-refractivity contribution in [3.63, 3.8) is 0 Å². The molecule has 0 saturated carbocycles. The van der Waals surface area contributed by atoms with Gasteiger partial charge in [-0.05, 0) is 0 Å². The molecule has 0 aromatic rings. The smallest absolute Gasteiger partial charge is 0.822 e. The second-order valence-corrected chi connectivity index (χ2v) is 2.68. The SMILES string of the molecule is O.O.O=P([O-])([O-])[O-].O=P([O-])([O-])[O-].[Mg+2].[Mg+2].[Mg+2]. The molecule has 0 unspecified atom stereocenters. The van der Waals surface area contributed by atoms with Gasteiger partial charge in [0.1, 0.15) is 0 Å². The molecule has 0 radical (unpaired) electrons. The third kappa shape index (κ3) is 576. The van der Waals surface area contributed by atoms with Crippen LogP contribution in [0.25, 0.3) is 0 Å². The fourth-order valence-corrected chi connectivity index (χ4v) is 0. The zero-order valence-corrected chi connectivity index (χ0v) is 13.3. The maximum atomic E-state index is 8.55. The molecular formula is H4Mg3O10P2. The molecule has 0 bridgehead atoms. The van der Waals surface area contributed by atoms with Crippen LogP contribution >= 0.6 is 15.6 Å². The molecule has 0 aliphatic rings. The first-order chi connectivity index (χ1) is 4.00. The fraction of sp³-hybridized carbons (Fsp3) is 0.